The normalized spacial score (nSPS) is 18.9. The third kappa shape index (κ3) is 3.97. The van der Waals surface area contributed by atoms with Gasteiger partial charge in [-0.15, -0.1) is 0 Å². The Bertz CT molecular complexity index is 1610. The minimum atomic E-state index is -1.26. The predicted octanol–water partition coefficient (Wildman–Crippen LogP) is 7.54. The second-order valence-corrected chi connectivity index (χ2v) is 10.6. The second-order valence-electron chi connectivity index (χ2n) is 9.28. The Morgan fingerprint density at radius 1 is 1.00 bits per heavy atom. The van der Waals surface area contributed by atoms with Gasteiger partial charge in [0.15, 0.2) is 0 Å². The Morgan fingerprint density at radius 3 is 2.61 bits per heavy atom. The van der Waals surface area contributed by atoms with Crippen molar-refractivity contribution in [2.24, 2.45) is 0 Å². The van der Waals surface area contributed by atoms with E-state index in [-0.39, 0.29) is 0 Å². The van der Waals surface area contributed by atoms with Crippen LogP contribution in [0, 0.1) is 0 Å². The fourth-order valence-electron chi connectivity index (χ4n) is 5.36. The maximum Gasteiger partial charge on any atom is 0.223 e. The summed E-state index contributed by atoms with van der Waals surface area (Å²) in [5, 5.41) is 19.7. The van der Waals surface area contributed by atoms with Gasteiger partial charge in [0.1, 0.15) is 11.4 Å². The SMILES string of the molecule is CNCC[C@]1(O)c2cc(cc3ccccc23)Oc2nc3ccc(Br)cc3cc2[C@H]1c1ccc(Cl)cc1. The highest BCUT2D eigenvalue weighted by Crippen LogP contribution is 2.52. The van der Waals surface area contributed by atoms with Crippen molar-refractivity contribution in [1.82, 2.24) is 10.3 Å². The topological polar surface area (TPSA) is 54.4 Å². The summed E-state index contributed by atoms with van der Waals surface area (Å²) in [5.41, 5.74) is 2.18. The Balaban J connectivity index is 1.73. The quantitative estimate of drug-likeness (QED) is 0.239. The van der Waals surface area contributed by atoms with Gasteiger partial charge in [0, 0.05) is 26.4 Å². The number of ether oxygens (including phenoxy) is 1. The number of nitrogens with zero attached hydrogens (tertiary/aromatic N) is 1. The van der Waals surface area contributed by atoms with Crippen molar-refractivity contribution >= 4 is 49.2 Å². The fourth-order valence-corrected chi connectivity index (χ4v) is 5.87. The molecule has 0 radical (unpaired) electrons. The van der Waals surface area contributed by atoms with E-state index in [9.17, 15) is 5.11 Å². The summed E-state index contributed by atoms with van der Waals surface area (Å²) in [5.74, 6) is 0.702. The molecule has 0 spiro atoms. The van der Waals surface area contributed by atoms with Crippen LogP contribution in [0.3, 0.4) is 0 Å². The van der Waals surface area contributed by atoms with E-state index in [4.69, 9.17) is 21.3 Å². The molecule has 4 aromatic carbocycles. The molecular weight excluding hydrogens is 536 g/mol. The van der Waals surface area contributed by atoms with E-state index in [1.807, 2.05) is 73.8 Å². The molecule has 0 fully saturated rings. The summed E-state index contributed by atoms with van der Waals surface area (Å²) in [7, 11) is 1.90. The van der Waals surface area contributed by atoms with E-state index in [0.717, 1.165) is 42.8 Å². The Kier molecular flexibility index (Phi) is 5.97. The van der Waals surface area contributed by atoms with Crippen molar-refractivity contribution in [3.8, 4) is 11.6 Å². The highest BCUT2D eigenvalue weighted by Gasteiger charge is 2.44. The zero-order chi connectivity index (χ0) is 24.9. The molecule has 2 N–H and O–H groups in total. The van der Waals surface area contributed by atoms with Crippen LogP contribution in [0.4, 0.5) is 0 Å². The van der Waals surface area contributed by atoms with Gasteiger partial charge in [0.2, 0.25) is 5.88 Å². The van der Waals surface area contributed by atoms with Gasteiger partial charge in [-0.3, -0.25) is 0 Å². The number of halogens is 2. The van der Waals surface area contributed by atoms with Crippen LogP contribution in [0.1, 0.15) is 29.0 Å². The molecule has 1 aliphatic rings. The molecule has 2 heterocycles. The molecular formula is C30H24BrClN2O2. The number of benzene rings is 4. The van der Waals surface area contributed by atoms with Crippen LogP contribution in [-0.4, -0.2) is 23.7 Å². The summed E-state index contributed by atoms with van der Waals surface area (Å²) in [6, 6.07) is 27.9. The first-order valence-corrected chi connectivity index (χ1v) is 13.1. The number of nitrogens with one attached hydrogen (secondary N) is 1. The molecule has 1 aliphatic heterocycles. The molecule has 1 aromatic heterocycles. The largest absolute Gasteiger partial charge is 0.439 e. The Hall–Kier alpha value is -2.96. The standard InChI is InChI=1S/C30H24BrClN2O2/c1-33-13-12-30(35)26-17-23(15-19-4-2-3-5-24(19)26)36-29-25(28(30)18-6-9-22(32)10-7-18)16-20-14-21(31)8-11-27(20)34-29/h2-11,14-17,28,33,35H,12-13H2,1H3/t28-,30+/m1/s1. The molecule has 0 unspecified atom stereocenters. The zero-order valence-corrected chi connectivity index (χ0v) is 22.0. The van der Waals surface area contributed by atoms with E-state index < -0.39 is 11.5 Å². The van der Waals surface area contributed by atoms with E-state index in [1.165, 1.54) is 0 Å². The number of pyridine rings is 1. The van der Waals surface area contributed by atoms with Gasteiger partial charge >= 0.3 is 0 Å². The van der Waals surface area contributed by atoms with Gasteiger partial charge < -0.3 is 15.2 Å². The molecule has 4 nitrogen and oxygen atoms in total. The minimum Gasteiger partial charge on any atom is -0.439 e. The molecule has 5 aromatic rings. The minimum absolute atomic E-state index is 0.451. The first kappa shape index (κ1) is 23.4. The molecule has 0 aliphatic carbocycles. The van der Waals surface area contributed by atoms with Gasteiger partial charge in [-0.1, -0.05) is 63.9 Å². The van der Waals surface area contributed by atoms with E-state index >= 15 is 0 Å². The zero-order valence-electron chi connectivity index (χ0n) is 19.6. The number of aromatic nitrogens is 1. The van der Waals surface area contributed by atoms with Crippen molar-refractivity contribution in [3.05, 3.63) is 111 Å². The summed E-state index contributed by atoms with van der Waals surface area (Å²) in [6.07, 6.45) is 0.486. The van der Waals surface area contributed by atoms with E-state index in [0.29, 0.717) is 29.6 Å². The lowest BCUT2D eigenvalue weighted by molar-refractivity contribution is 0.0110. The van der Waals surface area contributed by atoms with Gasteiger partial charge in [-0.2, -0.15) is 0 Å². The number of hydrogen-bond donors (Lipinski definition) is 2. The first-order valence-electron chi connectivity index (χ1n) is 11.9. The summed E-state index contributed by atoms with van der Waals surface area (Å²) in [6.45, 7) is 0.627. The second kappa shape index (κ2) is 9.16. The highest BCUT2D eigenvalue weighted by molar-refractivity contribution is 9.10. The third-order valence-electron chi connectivity index (χ3n) is 7.03. The lowest BCUT2D eigenvalue weighted by Gasteiger charge is -2.40. The molecule has 0 amide bonds. The van der Waals surface area contributed by atoms with Gasteiger partial charge in [-0.05, 0) is 90.4 Å². The van der Waals surface area contributed by atoms with Gasteiger partial charge in [0.25, 0.3) is 0 Å². The number of hydrogen-bond acceptors (Lipinski definition) is 4. The number of fused-ring (bicyclic) bond motifs is 6. The van der Waals surface area contributed by atoms with Crippen LogP contribution in [0.25, 0.3) is 21.7 Å². The van der Waals surface area contributed by atoms with Crippen molar-refractivity contribution < 1.29 is 9.84 Å². The summed E-state index contributed by atoms with van der Waals surface area (Å²) >= 11 is 9.87. The molecule has 6 rings (SSSR count). The average Bonchev–Trinajstić information content (AvgIpc) is 2.88. The van der Waals surface area contributed by atoms with Crippen molar-refractivity contribution in [2.45, 2.75) is 17.9 Å². The van der Waals surface area contributed by atoms with Crippen LogP contribution < -0.4 is 10.1 Å². The smallest absolute Gasteiger partial charge is 0.223 e. The summed E-state index contributed by atoms with van der Waals surface area (Å²) < 4.78 is 7.45. The van der Waals surface area contributed by atoms with Crippen LogP contribution in [0.5, 0.6) is 11.6 Å². The van der Waals surface area contributed by atoms with Gasteiger partial charge in [0.05, 0.1) is 5.52 Å². The highest BCUT2D eigenvalue weighted by atomic mass is 79.9. The van der Waals surface area contributed by atoms with Crippen molar-refractivity contribution in [3.63, 3.8) is 0 Å². The maximum atomic E-state index is 12.9. The molecule has 6 heteroatoms. The molecule has 0 saturated carbocycles. The monoisotopic (exact) mass is 558 g/mol. The first-order chi connectivity index (χ1) is 17.5. The fraction of sp³-hybridized carbons (Fsp3) is 0.167. The third-order valence-corrected chi connectivity index (χ3v) is 7.78. The van der Waals surface area contributed by atoms with E-state index in [2.05, 4.69) is 39.4 Å². The lowest BCUT2D eigenvalue weighted by Crippen LogP contribution is -2.38. The molecule has 180 valence electrons. The number of aliphatic hydroxyl groups is 1. The van der Waals surface area contributed by atoms with Crippen molar-refractivity contribution in [2.75, 3.05) is 13.6 Å². The van der Waals surface area contributed by atoms with E-state index in [1.54, 1.807) is 0 Å². The van der Waals surface area contributed by atoms with Crippen LogP contribution in [0.2, 0.25) is 5.02 Å². The summed E-state index contributed by atoms with van der Waals surface area (Å²) in [4.78, 5) is 4.94. The Morgan fingerprint density at radius 2 is 1.81 bits per heavy atom. The molecule has 2 atom stereocenters. The van der Waals surface area contributed by atoms with Gasteiger partial charge in [-0.25, -0.2) is 4.98 Å². The number of rotatable bonds is 4. The molecule has 36 heavy (non-hydrogen) atoms. The Labute approximate surface area is 223 Å². The predicted molar refractivity (Wildman–Crippen MR) is 149 cm³/mol. The molecule has 0 saturated heterocycles. The maximum absolute atomic E-state index is 12.9. The van der Waals surface area contributed by atoms with Crippen LogP contribution in [0.15, 0.2) is 89.4 Å². The molecule has 2 bridgehead atoms. The average molecular weight is 560 g/mol. The van der Waals surface area contributed by atoms with Crippen LogP contribution >= 0.6 is 27.5 Å². The van der Waals surface area contributed by atoms with Crippen molar-refractivity contribution in [1.29, 1.82) is 0 Å². The lowest BCUT2D eigenvalue weighted by atomic mass is 9.70. The van der Waals surface area contributed by atoms with Crippen LogP contribution in [-0.2, 0) is 5.60 Å².